The average Bonchev–Trinajstić information content (AvgIpc) is 2.10. The summed E-state index contributed by atoms with van der Waals surface area (Å²) in [5.74, 6) is -0.299. The number of hydrazone groups is 1. The van der Waals surface area contributed by atoms with Crippen molar-refractivity contribution in [1.29, 1.82) is 0 Å². The van der Waals surface area contributed by atoms with Crippen LogP contribution >= 0.6 is 12.2 Å². The third-order valence-electron chi connectivity index (χ3n) is 1.62. The molecule has 0 aromatic heterocycles. The molecular weight excluding hydrogens is 201 g/mol. The zero-order chi connectivity index (χ0) is 10.6. The molecule has 0 saturated heterocycles. The van der Waals surface area contributed by atoms with Crippen molar-refractivity contribution in [2.24, 2.45) is 10.8 Å². The minimum Gasteiger partial charge on any atom is -0.375 e. The van der Waals surface area contributed by atoms with Crippen LogP contribution in [-0.2, 0) is 0 Å². The fraction of sp³-hybridized carbons (Fsp3) is 0.111. The molecule has 0 amide bonds. The summed E-state index contributed by atoms with van der Waals surface area (Å²) in [7, 11) is 0. The highest BCUT2D eigenvalue weighted by atomic mass is 32.1. The number of nitrogens with two attached hydrogens (primary N) is 1. The van der Waals surface area contributed by atoms with Crippen LogP contribution in [0.3, 0.4) is 0 Å². The van der Waals surface area contributed by atoms with Gasteiger partial charge in [-0.3, -0.25) is 5.43 Å². The van der Waals surface area contributed by atoms with Crippen molar-refractivity contribution in [2.75, 3.05) is 0 Å². The molecule has 0 bridgehead atoms. The van der Waals surface area contributed by atoms with Gasteiger partial charge in [0.05, 0.1) is 6.21 Å². The van der Waals surface area contributed by atoms with Gasteiger partial charge in [-0.05, 0) is 36.8 Å². The Morgan fingerprint density at radius 3 is 3.00 bits per heavy atom. The van der Waals surface area contributed by atoms with Crippen molar-refractivity contribution in [3.8, 4) is 0 Å². The van der Waals surface area contributed by atoms with E-state index >= 15 is 0 Å². The fourth-order valence-electron chi connectivity index (χ4n) is 0.916. The summed E-state index contributed by atoms with van der Waals surface area (Å²) in [5.41, 5.74) is 9.17. The second kappa shape index (κ2) is 4.66. The molecule has 3 N–H and O–H groups in total. The van der Waals surface area contributed by atoms with Gasteiger partial charge in [-0.1, -0.05) is 6.07 Å². The maximum atomic E-state index is 12.8. The Bertz CT molecular complexity index is 376. The van der Waals surface area contributed by atoms with E-state index in [1.165, 1.54) is 18.3 Å². The Morgan fingerprint density at radius 2 is 2.36 bits per heavy atom. The molecule has 1 rings (SSSR count). The lowest BCUT2D eigenvalue weighted by molar-refractivity contribution is 0.627. The second-order valence-electron chi connectivity index (χ2n) is 2.74. The monoisotopic (exact) mass is 211 g/mol. The third kappa shape index (κ3) is 3.10. The minimum absolute atomic E-state index is 0.0790. The van der Waals surface area contributed by atoms with E-state index in [0.29, 0.717) is 5.56 Å². The smallest absolute Gasteiger partial charge is 0.184 e. The first-order valence-corrected chi connectivity index (χ1v) is 4.35. The van der Waals surface area contributed by atoms with Crippen molar-refractivity contribution >= 4 is 23.5 Å². The SMILES string of the molecule is Cc1ccc(F)cc1/C=N/NC(N)=S. The van der Waals surface area contributed by atoms with Crippen molar-refractivity contribution in [3.63, 3.8) is 0 Å². The topological polar surface area (TPSA) is 50.4 Å². The zero-order valence-electron chi connectivity index (χ0n) is 7.62. The first kappa shape index (κ1) is 10.6. The van der Waals surface area contributed by atoms with Gasteiger partial charge in [0.2, 0.25) is 0 Å². The molecule has 0 unspecified atom stereocenters. The summed E-state index contributed by atoms with van der Waals surface area (Å²) in [6, 6.07) is 4.46. The van der Waals surface area contributed by atoms with Crippen LogP contribution in [0.1, 0.15) is 11.1 Å². The molecule has 0 spiro atoms. The van der Waals surface area contributed by atoms with Crippen molar-refractivity contribution in [3.05, 3.63) is 35.1 Å². The number of nitrogens with one attached hydrogen (secondary N) is 1. The second-order valence-corrected chi connectivity index (χ2v) is 3.17. The largest absolute Gasteiger partial charge is 0.375 e. The molecule has 0 aliphatic carbocycles. The molecular formula is C9H10FN3S. The summed E-state index contributed by atoms with van der Waals surface area (Å²) in [6.07, 6.45) is 1.47. The number of hydrogen-bond acceptors (Lipinski definition) is 2. The van der Waals surface area contributed by atoms with Crippen LogP contribution in [0.15, 0.2) is 23.3 Å². The quantitative estimate of drug-likeness (QED) is 0.440. The first-order valence-electron chi connectivity index (χ1n) is 3.94. The Balaban J connectivity index is 2.80. The minimum atomic E-state index is -0.299. The van der Waals surface area contributed by atoms with Crippen LogP contribution in [0.2, 0.25) is 0 Å². The number of halogens is 1. The van der Waals surface area contributed by atoms with E-state index in [1.807, 2.05) is 6.92 Å². The lowest BCUT2D eigenvalue weighted by Crippen LogP contribution is -2.24. The van der Waals surface area contributed by atoms with Gasteiger partial charge in [0.1, 0.15) is 5.82 Å². The number of rotatable bonds is 2. The average molecular weight is 211 g/mol. The van der Waals surface area contributed by atoms with E-state index in [-0.39, 0.29) is 10.9 Å². The van der Waals surface area contributed by atoms with Crippen LogP contribution < -0.4 is 11.2 Å². The predicted molar refractivity (Wildman–Crippen MR) is 58.7 cm³/mol. The Hall–Kier alpha value is -1.49. The van der Waals surface area contributed by atoms with Crippen LogP contribution in [0.25, 0.3) is 0 Å². The number of benzene rings is 1. The van der Waals surface area contributed by atoms with Crippen LogP contribution in [0.5, 0.6) is 0 Å². The van der Waals surface area contributed by atoms with Crippen LogP contribution in [-0.4, -0.2) is 11.3 Å². The van der Waals surface area contributed by atoms with Crippen molar-refractivity contribution in [1.82, 2.24) is 5.43 Å². The summed E-state index contributed by atoms with van der Waals surface area (Å²) >= 11 is 4.55. The van der Waals surface area contributed by atoms with E-state index in [4.69, 9.17) is 5.73 Å². The van der Waals surface area contributed by atoms with E-state index in [9.17, 15) is 4.39 Å². The fourth-order valence-corrected chi connectivity index (χ4v) is 0.969. The van der Waals surface area contributed by atoms with E-state index in [2.05, 4.69) is 22.7 Å². The van der Waals surface area contributed by atoms with E-state index in [1.54, 1.807) is 6.07 Å². The zero-order valence-corrected chi connectivity index (χ0v) is 8.44. The van der Waals surface area contributed by atoms with Gasteiger partial charge >= 0.3 is 0 Å². The van der Waals surface area contributed by atoms with E-state index < -0.39 is 0 Å². The summed E-state index contributed by atoms with van der Waals surface area (Å²) in [6.45, 7) is 1.86. The number of hydrogen-bond donors (Lipinski definition) is 2. The molecule has 5 heteroatoms. The molecule has 0 aliphatic heterocycles. The molecule has 0 heterocycles. The van der Waals surface area contributed by atoms with Gasteiger partial charge in [-0.2, -0.15) is 5.10 Å². The Kier molecular flexibility index (Phi) is 3.53. The molecule has 0 saturated carbocycles. The number of thiocarbonyl (C=S) groups is 1. The molecule has 0 aliphatic rings. The van der Waals surface area contributed by atoms with Crippen molar-refractivity contribution < 1.29 is 4.39 Å². The maximum Gasteiger partial charge on any atom is 0.184 e. The van der Waals surface area contributed by atoms with Gasteiger partial charge in [-0.25, -0.2) is 4.39 Å². The highest BCUT2D eigenvalue weighted by Gasteiger charge is 1.96. The molecule has 0 fully saturated rings. The summed E-state index contributed by atoms with van der Waals surface area (Å²) < 4.78 is 12.8. The molecule has 3 nitrogen and oxygen atoms in total. The van der Waals surface area contributed by atoms with Gasteiger partial charge in [-0.15, -0.1) is 0 Å². The normalized spacial score (nSPS) is 10.4. The highest BCUT2D eigenvalue weighted by Crippen LogP contribution is 2.07. The van der Waals surface area contributed by atoms with Gasteiger partial charge in [0.15, 0.2) is 5.11 Å². The Morgan fingerprint density at radius 1 is 1.64 bits per heavy atom. The Labute approximate surface area is 86.8 Å². The standard InChI is InChI=1S/C9H10FN3S/c1-6-2-3-8(10)4-7(6)5-12-13-9(11)14/h2-5H,1H3,(H3,11,13,14)/b12-5+. The summed E-state index contributed by atoms with van der Waals surface area (Å²) in [4.78, 5) is 0. The summed E-state index contributed by atoms with van der Waals surface area (Å²) in [5, 5.41) is 3.81. The maximum absolute atomic E-state index is 12.8. The third-order valence-corrected chi connectivity index (χ3v) is 1.71. The van der Waals surface area contributed by atoms with Gasteiger partial charge in [0, 0.05) is 5.56 Å². The van der Waals surface area contributed by atoms with Crippen LogP contribution in [0.4, 0.5) is 4.39 Å². The molecule has 1 aromatic carbocycles. The molecule has 1 aromatic rings. The lowest BCUT2D eigenvalue weighted by atomic mass is 10.1. The van der Waals surface area contributed by atoms with Gasteiger partial charge < -0.3 is 5.73 Å². The first-order chi connectivity index (χ1) is 6.59. The van der Waals surface area contributed by atoms with Crippen LogP contribution in [0, 0.1) is 12.7 Å². The lowest BCUT2D eigenvalue weighted by Gasteiger charge is -1.99. The van der Waals surface area contributed by atoms with E-state index in [0.717, 1.165) is 5.56 Å². The van der Waals surface area contributed by atoms with Crippen molar-refractivity contribution in [2.45, 2.75) is 6.92 Å². The van der Waals surface area contributed by atoms with Gasteiger partial charge in [0.25, 0.3) is 0 Å². The predicted octanol–water partition coefficient (Wildman–Crippen LogP) is 1.30. The number of nitrogens with zero attached hydrogens (tertiary/aromatic N) is 1. The molecule has 0 radical (unpaired) electrons. The molecule has 0 atom stereocenters. The highest BCUT2D eigenvalue weighted by molar-refractivity contribution is 7.80. The number of aryl methyl sites for hydroxylation is 1. The molecule has 14 heavy (non-hydrogen) atoms. The molecule has 74 valence electrons.